The number of ether oxygens (including phenoxy) is 1. The summed E-state index contributed by atoms with van der Waals surface area (Å²) in [5.41, 5.74) is -0.706. The number of ketones is 2. The van der Waals surface area contributed by atoms with Crippen LogP contribution in [-0.2, 0) is 19.1 Å². The number of hydrogen-bond acceptors (Lipinski definition) is 5. The van der Waals surface area contributed by atoms with E-state index in [1.165, 1.54) is 13.3 Å². The predicted octanol–water partition coefficient (Wildman–Crippen LogP) is 1.83. The number of carbonyl (C=O) groups excluding carboxylic acids is 3. The van der Waals surface area contributed by atoms with Crippen LogP contribution in [0.5, 0.6) is 0 Å². The molecular weight excluding hydrogens is 258 g/mol. The molecule has 5 heteroatoms. The largest absolute Gasteiger partial charge is 0.468 e. The molecule has 0 amide bonds. The predicted molar refractivity (Wildman–Crippen MR) is 75.7 cm³/mol. The van der Waals surface area contributed by atoms with Crippen molar-refractivity contribution >= 4 is 23.8 Å². The Morgan fingerprint density at radius 2 is 2.10 bits per heavy atom. The van der Waals surface area contributed by atoms with Crippen LogP contribution in [0.2, 0.25) is 0 Å². The molecule has 20 heavy (non-hydrogen) atoms. The SMILES string of the molecule is CC[C@H](C)N=CC1C(=O)CC(C)(C)[C@H](C(=O)OC)C1=O. The van der Waals surface area contributed by atoms with Crippen LogP contribution in [0.4, 0.5) is 0 Å². The quantitative estimate of drug-likeness (QED) is 0.447. The summed E-state index contributed by atoms with van der Waals surface area (Å²) in [6, 6.07) is 0.0575. The highest BCUT2D eigenvalue weighted by atomic mass is 16.5. The van der Waals surface area contributed by atoms with Crippen LogP contribution >= 0.6 is 0 Å². The number of esters is 1. The van der Waals surface area contributed by atoms with Gasteiger partial charge in [-0.1, -0.05) is 20.8 Å². The molecule has 0 aromatic carbocycles. The zero-order valence-electron chi connectivity index (χ0n) is 12.8. The van der Waals surface area contributed by atoms with Crippen LogP contribution in [0.1, 0.15) is 40.5 Å². The molecule has 0 aliphatic heterocycles. The van der Waals surface area contributed by atoms with Gasteiger partial charge >= 0.3 is 5.97 Å². The second-order valence-corrected chi connectivity index (χ2v) is 6.02. The normalized spacial score (nSPS) is 27.6. The van der Waals surface area contributed by atoms with E-state index in [4.69, 9.17) is 4.74 Å². The lowest BCUT2D eigenvalue weighted by Gasteiger charge is -2.37. The molecule has 0 heterocycles. The fourth-order valence-corrected chi connectivity index (χ4v) is 2.43. The minimum atomic E-state index is -0.916. The summed E-state index contributed by atoms with van der Waals surface area (Å²) in [5, 5.41) is 0. The van der Waals surface area contributed by atoms with E-state index in [0.717, 1.165) is 6.42 Å². The van der Waals surface area contributed by atoms with Gasteiger partial charge in [0.2, 0.25) is 0 Å². The maximum atomic E-state index is 12.4. The third-order valence-electron chi connectivity index (χ3n) is 3.87. The first-order valence-corrected chi connectivity index (χ1v) is 6.92. The maximum Gasteiger partial charge on any atom is 0.316 e. The first-order chi connectivity index (χ1) is 9.24. The first kappa shape index (κ1) is 16.5. The third-order valence-corrected chi connectivity index (χ3v) is 3.87. The van der Waals surface area contributed by atoms with Crippen molar-refractivity contribution in [3.63, 3.8) is 0 Å². The molecule has 0 aromatic heterocycles. The second kappa shape index (κ2) is 6.29. The van der Waals surface area contributed by atoms with Crippen LogP contribution in [-0.4, -0.2) is 36.9 Å². The smallest absolute Gasteiger partial charge is 0.316 e. The Balaban J connectivity index is 3.05. The Bertz CT molecular complexity index is 439. The Kier molecular flexibility index (Phi) is 5.20. The Morgan fingerprint density at radius 3 is 2.60 bits per heavy atom. The fraction of sp³-hybridized carbons (Fsp3) is 0.733. The summed E-state index contributed by atoms with van der Waals surface area (Å²) in [6.45, 7) is 7.38. The summed E-state index contributed by atoms with van der Waals surface area (Å²) in [4.78, 5) is 40.6. The van der Waals surface area contributed by atoms with E-state index < -0.39 is 29.0 Å². The summed E-state index contributed by atoms with van der Waals surface area (Å²) in [6.07, 6.45) is 2.41. The van der Waals surface area contributed by atoms with Gasteiger partial charge in [0.25, 0.3) is 0 Å². The van der Waals surface area contributed by atoms with Crippen LogP contribution in [0.25, 0.3) is 0 Å². The molecule has 0 spiro atoms. The lowest BCUT2D eigenvalue weighted by Crippen LogP contribution is -2.50. The monoisotopic (exact) mass is 281 g/mol. The molecule has 0 bridgehead atoms. The molecule has 112 valence electrons. The molecule has 0 aromatic rings. The van der Waals surface area contributed by atoms with Crippen molar-refractivity contribution in [2.24, 2.45) is 22.2 Å². The molecule has 1 aliphatic carbocycles. The standard InChI is InChI=1S/C15H23NO4/c1-6-9(2)16-8-10-11(17)7-15(3,4)12(13(10)18)14(19)20-5/h8-10,12H,6-7H2,1-5H3/t9-,10?,12-/m0/s1. The Morgan fingerprint density at radius 1 is 1.50 bits per heavy atom. The van der Waals surface area contributed by atoms with Crippen molar-refractivity contribution in [1.82, 2.24) is 0 Å². The maximum absolute atomic E-state index is 12.4. The molecule has 1 aliphatic rings. The van der Waals surface area contributed by atoms with Gasteiger partial charge in [-0.05, 0) is 18.8 Å². The third kappa shape index (κ3) is 3.32. The Hall–Kier alpha value is -1.52. The van der Waals surface area contributed by atoms with Gasteiger partial charge < -0.3 is 4.74 Å². The Labute approximate surface area is 119 Å². The summed E-state index contributed by atoms with van der Waals surface area (Å²) >= 11 is 0. The number of aliphatic imine (C=N–C) groups is 1. The van der Waals surface area contributed by atoms with Gasteiger partial charge in [-0.15, -0.1) is 0 Å². The van der Waals surface area contributed by atoms with E-state index in [9.17, 15) is 14.4 Å². The molecule has 1 rings (SSSR count). The van der Waals surface area contributed by atoms with Gasteiger partial charge in [0.05, 0.1) is 7.11 Å². The van der Waals surface area contributed by atoms with Crippen LogP contribution < -0.4 is 0 Å². The molecule has 3 atom stereocenters. The van der Waals surface area contributed by atoms with Crippen molar-refractivity contribution in [3.8, 4) is 0 Å². The molecule has 1 fully saturated rings. The van der Waals surface area contributed by atoms with Crippen molar-refractivity contribution in [2.45, 2.75) is 46.6 Å². The number of carbonyl (C=O) groups is 3. The molecular formula is C15H23NO4. The van der Waals surface area contributed by atoms with E-state index >= 15 is 0 Å². The molecule has 1 saturated carbocycles. The van der Waals surface area contributed by atoms with Gasteiger partial charge in [0.1, 0.15) is 17.6 Å². The number of methoxy groups -OCH3 is 1. The minimum Gasteiger partial charge on any atom is -0.468 e. The van der Waals surface area contributed by atoms with Crippen molar-refractivity contribution in [1.29, 1.82) is 0 Å². The zero-order valence-corrected chi connectivity index (χ0v) is 12.8. The highest BCUT2D eigenvalue weighted by molar-refractivity contribution is 6.21. The van der Waals surface area contributed by atoms with E-state index in [1.54, 1.807) is 13.8 Å². The minimum absolute atomic E-state index is 0.0575. The van der Waals surface area contributed by atoms with E-state index in [1.807, 2.05) is 13.8 Å². The first-order valence-electron chi connectivity index (χ1n) is 6.92. The summed E-state index contributed by atoms with van der Waals surface area (Å²) in [7, 11) is 1.25. The topological polar surface area (TPSA) is 72.8 Å². The lowest BCUT2D eigenvalue weighted by molar-refractivity contribution is -0.159. The van der Waals surface area contributed by atoms with Gasteiger partial charge in [0, 0.05) is 18.7 Å². The number of hydrogen-bond donors (Lipinski definition) is 0. The molecule has 5 nitrogen and oxygen atoms in total. The van der Waals surface area contributed by atoms with Gasteiger partial charge in [-0.2, -0.15) is 0 Å². The summed E-state index contributed by atoms with van der Waals surface area (Å²) < 4.78 is 4.71. The fourth-order valence-electron chi connectivity index (χ4n) is 2.43. The average Bonchev–Trinajstić information content (AvgIpc) is 2.36. The second-order valence-electron chi connectivity index (χ2n) is 6.02. The molecule has 0 N–H and O–H groups in total. The molecule has 1 unspecified atom stereocenters. The van der Waals surface area contributed by atoms with Crippen LogP contribution in [0, 0.1) is 17.3 Å². The van der Waals surface area contributed by atoms with E-state index in [-0.39, 0.29) is 18.2 Å². The van der Waals surface area contributed by atoms with Gasteiger partial charge in [-0.25, -0.2) is 0 Å². The number of Topliss-reactive ketones (excluding diaryl/α,β-unsaturated/α-hetero) is 2. The lowest BCUT2D eigenvalue weighted by atomic mass is 9.64. The van der Waals surface area contributed by atoms with Crippen LogP contribution in [0.15, 0.2) is 4.99 Å². The summed E-state index contributed by atoms with van der Waals surface area (Å²) in [5.74, 6) is -2.97. The van der Waals surface area contributed by atoms with Crippen molar-refractivity contribution in [3.05, 3.63) is 0 Å². The highest BCUT2D eigenvalue weighted by Gasteiger charge is 2.51. The van der Waals surface area contributed by atoms with E-state index in [2.05, 4.69) is 4.99 Å². The molecule has 0 saturated heterocycles. The number of nitrogens with zero attached hydrogens (tertiary/aromatic N) is 1. The molecule has 0 radical (unpaired) electrons. The average molecular weight is 281 g/mol. The highest BCUT2D eigenvalue weighted by Crippen LogP contribution is 2.39. The number of rotatable bonds is 4. The van der Waals surface area contributed by atoms with Crippen LogP contribution in [0.3, 0.4) is 0 Å². The van der Waals surface area contributed by atoms with Crippen molar-refractivity contribution < 1.29 is 19.1 Å². The van der Waals surface area contributed by atoms with Gasteiger partial charge in [-0.3, -0.25) is 19.4 Å². The van der Waals surface area contributed by atoms with Gasteiger partial charge in [0.15, 0.2) is 5.78 Å². The van der Waals surface area contributed by atoms with Crippen molar-refractivity contribution in [2.75, 3.05) is 7.11 Å². The zero-order chi connectivity index (χ0) is 15.5. The van der Waals surface area contributed by atoms with E-state index in [0.29, 0.717) is 0 Å².